The highest BCUT2D eigenvalue weighted by molar-refractivity contribution is 9.10. The van der Waals surface area contributed by atoms with E-state index in [9.17, 15) is 0 Å². The van der Waals surface area contributed by atoms with Crippen molar-refractivity contribution >= 4 is 28.3 Å². The van der Waals surface area contributed by atoms with E-state index in [1.807, 2.05) is 19.1 Å². The van der Waals surface area contributed by atoms with Gasteiger partial charge in [-0.2, -0.15) is 0 Å². The molecule has 0 radical (unpaired) electrons. The van der Waals surface area contributed by atoms with Crippen LogP contribution in [-0.4, -0.2) is 19.3 Å². The second-order valence-electron chi connectivity index (χ2n) is 5.18. The molecular formula is C17H23BrClNO2. The first-order valence-corrected chi connectivity index (χ1v) is 8.28. The van der Waals surface area contributed by atoms with E-state index in [0.29, 0.717) is 18.4 Å². The van der Waals surface area contributed by atoms with Crippen LogP contribution in [0.3, 0.4) is 0 Å². The third kappa shape index (κ3) is 5.39. The van der Waals surface area contributed by atoms with Gasteiger partial charge < -0.3 is 14.8 Å². The van der Waals surface area contributed by atoms with Gasteiger partial charge in [-0.25, -0.2) is 0 Å². The lowest BCUT2D eigenvalue weighted by Crippen LogP contribution is -2.25. The van der Waals surface area contributed by atoms with Crippen molar-refractivity contribution in [1.29, 1.82) is 0 Å². The van der Waals surface area contributed by atoms with E-state index in [2.05, 4.69) is 27.2 Å². The summed E-state index contributed by atoms with van der Waals surface area (Å²) in [5.41, 5.74) is 1.18. The van der Waals surface area contributed by atoms with Crippen LogP contribution < -0.4 is 14.8 Å². The van der Waals surface area contributed by atoms with Gasteiger partial charge in [-0.15, -0.1) is 18.8 Å². The first-order chi connectivity index (χ1) is 10.2. The number of benzene rings is 1. The van der Waals surface area contributed by atoms with E-state index >= 15 is 0 Å². The fourth-order valence-electron chi connectivity index (χ4n) is 2.60. The Bertz CT molecular complexity index is 510. The number of terminal acetylenes is 1. The molecule has 0 amide bonds. The van der Waals surface area contributed by atoms with Crippen LogP contribution >= 0.6 is 28.3 Å². The SMILES string of the molecule is C#CCOc1cc(Br)c(CNC2CCCC2)cc1OCC.Cl. The molecule has 1 aromatic carbocycles. The topological polar surface area (TPSA) is 30.5 Å². The van der Waals surface area contributed by atoms with Gasteiger partial charge in [0, 0.05) is 17.1 Å². The zero-order valence-electron chi connectivity index (χ0n) is 12.9. The summed E-state index contributed by atoms with van der Waals surface area (Å²) in [4.78, 5) is 0. The quantitative estimate of drug-likeness (QED) is 0.706. The van der Waals surface area contributed by atoms with E-state index in [1.165, 1.54) is 31.2 Å². The Morgan fingerprint density at radius 3 is 2.59 bits per heavy atom. The number of hydrogen-bond donors (Lipinski definition) is 1. The summed E-state index contributed by atoms with van der Waals surface area (Å²) < 4.78 is 12.2. The number of halogens is 2. The minimum atomic E-state index is 0. The Balaban J connectivity index is 0.00000242. The number of ether oxygens (including phenoxy) is 2. The molecule has 0 saturated heterocycles. The minimum Gasteiger partial charge on any atom is -0.490 e. The van der Waals surface area contributed by atoms with E-state index in [1.54, 1.807) is 0 Å². The van der Waals surface area contributed by atoms with Crippen molar-refractivity contribution in [2.24, 2.45) is 0 Å². The highest BCUT2D eigenvalue weighted by atomic mass is 79.9. The smallest absolute Gasteiger partial charge is 0.163 e. The summed E-state index contributed by atoms with van der Waals surface area (Å²) >= 11 is 3.61. The molecular weight excluding hydrogens is 366 g/mol. The van der Waals surface area contributed by atoms with Crippen LogP contribution in [0.2, 0.25) is 0 Å². The predicted octanol–water partition coefficient (Wildman–Crippen LogP) is 4.31. The van der Waals surface area contributed by atoms with Gasteiger partial charge in [-0.05, 0) is 37.5 Å². The molecule has 1 N–H and O–H groups in total. The highest BCUT2D eigenvalue weighted by Gasteiger charge is 2.16. The fraction of sp³-hybridized carbons (Fsp3) is 0.529. The van der Waals surface area contributed by atoms with Crippen LogP contribution in [0.4, 0.5) is 0 Å². The second kappa shape index (κ2) is 9.99. The van der Waals surface area contributed by atoms with E-state index in [0.717, 1.165) is 16.8 Å². The Morgan fingerprint density at radius 2 is 1.95 bits per heavy atom. The molecule has 0 aromatic heterocycles. The molecule has 3 nitrogen and oxygen atoms in total. The van der Waals surface area contributed by atoms with Crippen LogP contribution in [0.25, 0.3) is 0 Å². The summed E-state index contributed by atoms with van der Waals surface area (Å²) in [5, 5.41) is 3.61. The first kappa shape index (κ1) is 19.2. The molecule has 2 rings (SSSR count). The molecule has 5 heteroatoms. The average molecular weight is 389 g/mol. The van der Waals surface area contributed by atoms with Gasteiger partial charge in [0.15, 0.2) is 11.5 Å². The molecule has 0 atom stereocenters. The van der Waals surface area contributed by atoms with E-state index in [-0.39, 0.29) is 19.0 Å². The van der Waals surface area contributed by atoms with Crippen molar-refractivity contribution < 1.29 is 9.47 Å². The molecule has 0 bridgehead atoms. The molecule has 1 aliphatic rings. The van der Waals surface area contributed by atoms with Crippen molar-refractivity contribution in [3.8, 4) is 23.8 Å². The first-order valence-electron chi connectivity index (χ1n) is 7.49. The minimum absolute atomic E-state index is 0. The number of nitrogens with one attached hydrogen (secondary N) is 1. The van der Waals surface area contributed by atoms with Gasteiger partial charge in [-0.1, -0.05) is 34.7 Å². The summed E-state index contributed by atoms with van der Waals surface area (Å²) in [7, 11) is 0. The van der Waals surface area contributed by atoms with Crippen LogP contribution in [0.15, 0.2) is 16.6 Å². The monoisotopic (exact) mass is 387 g/mol. The van der Waals surface area contributed by atoms with Crippen molar-refractivity contribution in [2.45, 2.75) is 45.2 Å². The zero-order valence-corrected chi connectivity index (χ0v) is 15.3. The van der Waals surface area contributed by atoms with Crippen molar-refractivity contribution in [3.63, 3.8) is 0 Å². The summed E-state index contributed by atoms with van der Waals surface area (Å²) in [6.45, 7) is 3.64. The molecule has 1 saturated carbocycles. The molecule has 0 unspecified atom stereocenters. The predicted molar refractivity (Wildman–Crippen MR) is 96.0 cm³/mol. The maximum atomic E-state index is 5.66. The largest absolute Gasteiger partial charge is 0.490 e. The van der Waals surface area contributed by atoms with Crippen LogP contribution in [-0.2, 0) is 6.54 Å². The van der Waals surface area contributed by atoms with Gasteiger partial charge in [0.2, 0.25) is 0 Å². The van der Waals surface area contributed by atoms with Gasteiger partial charge in [-0.3, -0.25) is 0 Å². The van der Waals surface area contributed by atoms with Gasteiger partial charge in [0.25, 0.3) is 0 Å². The Hall–Kier alpha value is -0.890. The second-order valence-corrected chi connectivity index (χ2v) is 6.03. The molecule has 122 valence electrons. The van der Waals surface area contributed by atoms with Crippen molar-refractivity contribution in [3.05, 3.63) is 22.2 Å². The lowest BCUT2D eigenvalue weighted by molar-refractivity contribution is 0.298. The normalized spacial score (nSPS) is 14.2. The van der Waals surface area contributed by atoms with Crippen LogP contribution in [0.1, 0.15) is 38.2 Å². The van der Waals surface area contributed by atoms with Crippen LogP contribution in [0, 0.1) is 12.3 Å². The molecule has 22 heavy (non-hydrogen) atoms. The maximum Gasteiger partial charge on any atom is 0.163 e. The molecule has 1 fully saturated rings. The van der Waals surface area contributed by atoms with Gasteiger partial charge >= 0.3 is 0 Å². The molecule has 1 aromatic rings. The average Bonchev–Trinajstić information content (AvgIpc) is 2.99. The van der Waals surface area contributed by atoms with Crippen molar-refractivity contribution in [1.82, 2.24) is 5.32 Å². The van der Waals surface area contributed by atoms with Crippen LogP contribution in [0.5, 0.6) is 11.5 Å². The Kier molecular flexibility index (Phi) is 8.70. The molecule has 1 aliphatic carbocycles. The van der Waals surface area contributed by atoms with Gasteiger partial charge in [0.05, 0.1) is 6.61 Å². The third-order valence-electron chi connectivity index (χ3n) is 3.66. The molecule has 0 spiro atoms. The van der Waals surface area contributed by atoms with Gasteiger partial charge in [0.1, 0.15) is 6.61 Å². The standard InChI is InChI=1S/C17H22BrNO2.ClH/c1-3-9-21-17-11-15(18)13(10-16(17)20-4-2)12-19-14-7-5-6-8-14;/h1,10-11,14,19H,4-9,12H2,2H3;1H. The Morgan fingerprint density at radius 1 is 1.27 bits per heavy atom. The highest BCUT2D eigenvalue weighted by Crippen LogP contribution is 2.34. The summed E-state index contributed by atoms with van der Waals surface area (Å²) in [5.74, 6) is 3.91. The lowest BCUT2D eigenvalue weighted by Gasteiger charge is -2.16. The lowest BCUT2D eigenvalue weighted by atomic mass is 10.1. The van der Waals surface area contributed by atoms with E-state index < -0.39 is 0 Å². The fourth-order valence-corrected chi connectivity index (χ4v) is 3.06. The third-order valence-corrected chi connectivity index (χ3v) is 4.40. The van der Waals surface area contributed by atoms with E-state index in [4.69, 9.17) is 15.9 Å². The summed E-state index contributed by atoms with van der Waals surface area (Å²) in [6.07, 6.45) is 10.5. The number of hydrogen-bond acceptors (Lipinski definition) is 3. The maximum absolute atomic E-state index is 5.66. The van der Waals surface area contributed by atoms with Crippen molar-refractivity contribution in [2.75, 3.05) is 13.2 Å². The molecule has 0 aliphatic heterocycles. The zero-order chi connectivity index (χ0) is 15.1. The summed E-state index contributed by atoms with van der Waals surface area (Å²) in [6, 6.07) is 4.61. The molecule has 0 heterocycles. The number of rotatable bonds is 7. The Labute approximate surface area is 147 Å².